The second-order valence-electron chi connectivity index (χ2n) is 5.39. The van der Waals surface area contributed by atoms with Gasteiger partial charge in [-0.25, -0.2) is 0 Å². The van der Waals surface area contributed by atoms with Gasteiger partial charge in [-0.2, -0.15) is 0 Å². The van der Waals surface area contributed by atoms with Crippen LogP contribution in [0.1, 0.15) is 32.1 Å². The second-order valence-corrected chi connectivity index (χ2v) is 5.39. The minimum atomic E-state index is -0.520. The van der Waals surface area contributed by atoms with Crippen molar-refractivity contribution in [1.29, 1.82) is 0 Å². The molecule has 1 aromatic rings. The number of nitrogens with one attached hydrogen (secondary N) is 1. The van der Waals surface area contributed by atoms with Gasteiger partial charge < -0.3 is 4.90 Å². The van der Waals surface area contributed by atoms with Gasteiger partial charge in [-0.05, 0) is 25.0 Å². The van der Waals surface area contributed by atoms with Crippen molar-refractivity contribution in [1.82, 2.24) is 5.32 Å². The predicted molar refractivity (Wildman–Crippen MR) is 72.8 cm³/mol. The molecule has 1 aliphatic carbocycles. The van der Waals surface area contributed by atoms with E-state index in [-0.39, 0.29) is 18.4 Å². The number of imide groups is 1. The number of para-hydroxylation sites is 1. The van der Waals surface area contributed by atoms with Gasteiger partial charge >= 0.3 is 0 Å². The maximum atomic E-state index is 12.4. The molecule has 19 heavy (non-hydrogen) atoms. The third-order valence-corrected chi connectivity index (χ3v) is 4.24. The molecule has 0 atom stereocenters. The molecule has 2 amide bonds. The summed E-state index contributed by atoms with van der Waals surface area (Å²) in [5.41, 5.74) is 0.445. The van der Waals surface area contributed by atoms with Crippen LogP contribution in [0.4, 0.5) is 5.69 Å². The highest BCUT2D eigenvalue weighted by Crippen LogP contribution is 2.38. The summed E-state index contributed by atoms with van der Waals surface area (Å²) in [6.07, 6.45) is 4.93. The van der Waals surface area contributed by atoms with Crippen LogP contribution in [0.25, 0.3) is 0 Å². The lowest BCUT2D eigenvalue weighted by Crippen LogP contribution is -2.67. The lowest BCUT2D eigenvalue weighted by molar-refractivity contribution is -0.137. The Morgan fingerprint density at radius 1 is 1.00 bits per heavy atom. The average Bonchev–Trinajstić information content (AvgIpc) is 2.45. The first-order chi connectivity index (χ1) is 9.22. The molecule has 1 saturated carbocycles. The first-order valence-corrected chi connectivity index (χ1v) is 6.89. The predicted octanol–water partition coefficient (Wildman–Crippen LogP) is 1.85. The number of carbonyl (C=O) groups is 2. The monoisotopic (exact) mass is 258 g/mol. The summed E-state index contributed by atoms with van der Waals surface area (Å²) >= 11 is 0. The van der Waals surface area contributed by atoms with Crippen molar-refractivity contribution in [2.75, 3.05) is 11.4 Å². The van der Waals surface area contributed by atoms with Gasteiger partial charge in [0.15, 0.2) is 0 Å². The smallest absolute Gasteiger partial charge is 0.252 e. The number of benzene rings is 1. The Labute approximate surface area is 112 Å². The minimum absolute atomic E-state index is 0.118. The molecule has 1 saturated heterocycles. The standard InChI is InChI=1S/C15H18N2O2/c18-13-11-17(12-7-3-1-4-8-12)15(14(19)16-13)9-5-2-6-10-15/h1,3-4,7-8H,2,5-6,9-11H2,(H,16,18,19). The van der Waals surface area contributed by atoms with Gasteiger partial charge in [-0.15, -0.1) is 0 Å². The van der Waals surface area contributed by atoms with E-state index in [1.807, 2.05) is 35.2 Å². The number of carbonyl (C=O) groups excluding carboxylic acids is 2. The molecular formula is C15H18N2O2. The molecule has 1 N–H and O–H groups in total. The Balaban J connectivity index is 2.01. The van der Waals surface area contributed by atoms with Crippen molar-refractivity contribution in [2.45, 2.75) is 37.6 Å². The summed E-state index contributed by atoms with van der Waals surface area (Å²) in [6.45, 7) is 0.274. The summed E-state index contributed by atoms with van der Waals surface area (Å²) < 4.78 is 0. The van der Waals surface area contributed by atoms with E-state index in [0.717, 1.165) is 31.4 Å². The van der Waals surface area contributed by atoms with Gasteiger partial charge in [-0.1, -0.05) is 37.5 Å². The van der Waals surface area contributed by atoms with E-state index in [1.165, 1.54) is 6.42 Å². The number of nitrogens with zero attached hydrogens (tertiary/aromatic N) is 1. The van der Waals surface area contributed by atoms with Crippen molar-refractivity contribution in [3.8, 4) is 0 Å². The largest absolute Gasteiger partial charge is 0.348 e. The van der Waals surface area contributed by atoms with Crippen LogP contribution in [-0.2, 0) is 9.59 Å². The lowest BCUT2D eigenvalue weighted by atomic mass is 9.78. The number of hydrogen-bond acceptors (Lipinski definition) is 3. The molecule has 0 aromatic heterocycles. The quantitative estimate of drug-likeness (QED) is 0.782. The van der Waals surface area contributed by atoms with Crippen molar-refractivity contribution in [3.63, 3.8) is 0 Å². The molecule has 3 rings (SSSR count). The van der Waals surface area contributed by atoms with Gasteiger partial charge in [0.2, 0.25) is 5.91 Å². The topological polar surface area (TPSA) is 49.4 Å². The summed E-state index contributed by atoms with van der Waals surface area (Å²) in [7, 11) is 0. The molecule has 2 aliphatic rings. The van der Waals surface area contributed by atoms with Crippen LogP contribution in [0.15, 0.2) is 30.3 Å². The van der Waals surface area contributed by atoms with Crippen molar-refractivity contribution >= 4 is 17.5 Å². The molecule has 1 spiro atoms. The summed E-state index contributed by atoms with van der Waals surface area (Å²) in [5, 5.41) is 2.52. The molecule has 100 valence electrons. The van der Waals surface area contributed by atoms with Gasteiger partial charge in [0, 0.05) is 5.69 Å². The SMILES string of the molecule is O=C1CN(c2ccccc2)C2(CCCCC2)C(=O)N1. The van der Waals surface area contributed by atoms with Gasteiger partial charge in [0.1, 0.15) is 5.54 Å². The maximum Gasteiger partial charge on any atom is 0.252 e. The zero-order valence-corrected chi connectivity index (χ0v) is 10.9. The van der Waals surface area contributed by atoms with Gasteiger partial charge in [0.05, 0.1) is 6.54 Å². The number of anilines is 1. The van der Waals surface area contributed by atoms with Crippen LogP contribution >= 0.6 is 0 Å². The van der Waals surface area contributed by atoms with E-state index in [4.69, 9.17) is 0 Å². The average molecular weight is 258 g/mol. The van der Waals surface area contributed by atoms with E-state index < -0.39 is 5.54 Å². The van der Waals surface area contributed by atoms with E-state index in [0.29, 0.717) is 0 Å². The molecule has 1 aliphatic heterocycles. The lowest BCUT2D eigenvalue weighted by Gasteiger charge is -2.48. The first kappa shape index (κ1) is 12.2. The van der Waals surface area contributed by atoms with E-state index in [2.05, 4.69) is 5.32 Å². The molecule has 4 heteroatoms. The van der Waals surface area contributed by atoms with Crippen LogP contribution in [-0.4, -0.2) is 23.9 Å². The third kappa shape index (κ3) is 2.01. The summed E-state index contributed by atoms with van der Waals surface area (Å²) in [5.74, 6) is -0.322. The van der Waals surface area contributed by atoms with Crippen molar-refractivity contribution in [2.24, 2.45) is 0 Å². The number of piperazine rings is 1. The molecule has 1 heterocycles. The second kappa shape index (κ2) is 4.68. The highest BCUT2D eigenvalue weighted by atomic mass is 16.2. The fraction of sp³-hybridized carbons (Fsp3) is 0.467. The summed E-state index contributed by atoms with van der Waals surface area (Å²) in [6, 6.07) is 9.79. The Morgan fingerprint density at radius 3 is 2.37 bits per heavy atom. The first-order valence-electron chi connectivity index (χ1n) is 6.89. The van der Waals surface area contributed by atoms with E-state index in [9.17, 15) is 9.59 Å². The van der Waals surface area contributed by atoms with Crippen LogP contribution in [0.3, 0.4) is 0 Å². The highest BCUT2D eigenvalue weighted by Gasteiger charge is 2.48. The van der Waals surface area contributed by atoms with Crippen LogP contribution in [0, 0.1) is 0 Å². The summed E-state index contributed by atoms with van der Waals surface area (Å²) in [4.78, 5) is 26.1. The number of rotatable bonds is 1. The van der Waals surface area contributed by atoms with E-state index in [1.54, 1.807) is 0 Å². The molecule has 2 fully saturated rings. The van der Waals surface area contributed by atoms with Crippen LogP contribution in [0.2, 0.25) is 0 Å². The highest BCUT2D eigenvalue weighted by molar-refractivity contribution is 6.07. The molecule has 1 aromatic carbocycles. The Kier molecular flexibility index (Phi) is 3.01. The molecular weight excluding hydrogens is 240 g/mol. The zero-order chi connectivity index (χ0) is 13.3. The zero-order valence-electron chi connectivity index (χ0n) is 10.9. The Morgan fingerprint density at radius 2 is 1.68 bits per heavy atom. The molecule has 0 unspecified atom stereocenters. The Bertz CT molecular complexity index is 492. The maximum absolute atomic E-state index is 12.4. The molecule has 4 nitrogen and oxygen atoms in total. The fourth-order valence-corrected chi connectivity index (χ4v) is 3.28. The molecule has 0 radical (unpaired) electrons. The van der Waals surface area contributed by atoms with Gasteiger partial charge in [0.25, 0.3) is 5.91 Å². The normalized spacial score (nSPS) is 22.4. The molecule has 0 bridgehead atoms. The van der Waals surface area contributed by atoms with Crippen molar-refractivity contribution in [3.05, 3.63) is 30.3 Å². The van der Waals surface area contributed by atoms with Crippen LogP contribution < -0.4 is 10.2 Å². The number of amides is 2. The Hall–Kier alpha value is -1.84. The third-order valence-electron chi connectivity index (χ3n) is 4.24. The minimum Gasteiger partial charge on any atom is -0.348 e. The van der Waals surface area contributed by atoms with E-state index >= 15 is 0 Å². The van der Waals surface area contributed by atoms with Crippen LogP contribution in [0.5, 0.6) is 0 Å². The fourth-order valence-electron chi connectivity index (χ4n) is 3.28. The van der Waals surface area contributed by atoms with Gasteiger partial charge in [-0.3, -0.25) is 14.9 Å². The number of hydrogen-bond donors (Lipinski definition) is 1. The van der Waals surface area contributed by atoms with Crippen molar-refractivity contribution < 1.29 is 9.59 Å².